The predicted octanol–water partition coefficient (Wildman–Crippen LogP) is 2.90. The summed E-state index contributed by atoms with van der Waals surface area (Å²) in [5.74, 6) is 0.935. The maximum absolute atomic E-state index is 8.69. The Balaban J connectivity index is 1.87. The van der Waals surface area contributed by atoms with Gasteiger partial charge >= 0.3 is 0 Å². The van der Waals surface area contributed by atoms with Gasteiger partial charge in [0.2, 0.25) is 0 Å². The van der Waals surface area contributed by atoms with Crippen LogP contribution in [-0.2, 0) is 11.3 Å². The molecule has 0 amide bonds. The second kappa shape index (κ2) is 10.7. The lowest BCUT2D eigenvalue weighted by molar-refractivity contribution is 0.107. The zero-order valence-electron chi connectivity index (χ0n) is 14.3. The standard InChI is InChI=1S/C18H26BrN3O2/c1-2-23-12-13-24-18-5-4-17(19)14-16(18)15-22-10-8-21(9-11-22)7-3-6-20/h4-5,14H,2-3,7-13,15H2,1H3. The van der Waals surface area contributed by atoms with Crippen LogP contribution in [0.4, 0.5) is 0 Å². The van der Waals surface area contributed by atoms with E-state index in [1.807, 2.05) is 19.1 Å². The summed E-state index contributed by atoms with van der Waals surface area (Å²) in [5.41, 5.74) is 1.20. The van der Waals surface area contributed by atoms with E-state index >= 15 is 0 Å². The van der Waals surface area contributed by atoms with Gasteiger partial charge in [0.05, 0.1) is 12.7 Å². The molecule has 6 heteroatoms. The van der Waals surface area contributed by atoms with Gasteiger partial charge in [0.1, 0.15) is 12.4 Å². The molecule has 1 heterocycles. The molecule has 0 atom stereocenters. The predicted molar refractivity (Wildman–Crippen MR) is 98.1 cm³/mol. The van der Waals surface area contributed by atoms with Crippen LogP contribution in [0.3, 0.4) is 0 Å². The lowest BCUT2D eigenvalue weighted by Gasteiger charge is -2.34. The van der Waals surface area contributed by atoms with E-state index in [1.54, 1.807) is 0 Å². The molecule has 2 rings (SSSR count). The first-order valence-corrected chi connectivity index (χ1v) is 9.33. The minimum atomic E-state index is 0.574. The molecule has 1 aromatic carbocycles. The molecule has 132 valence electrons. The molecule has 0 radical (unpaired) electrons. The van der Waals surface area contributed by atoms with E-state index in [1.165, 1.54) is 5.56 Å². The molecule has 0 aliphatic carbocycles. The molecule has 0 saturated carbocycles. The first-order valence-electron chi connectivity index (χ1n) is 8.53. The number of piperazine rings is 1. The molecular formula is C18H26BrN3O2. The molecule has 1 aromatic rings. The van der Waals surface area contributed by atoms with Gasteiger partial charge in [0.15, 0.2) is 0 Å². The Morgan fingerprint density at radius 2 is 1.92 bits per heavy atom. The maximum atomic E-state index is 8.69. The monoisotopic (exact) mass is 395 g/mol. The van der Waals surface area contributed by atoms with Crippen molar-refractivity contribution in [1.29, 1.82) is 5.26 Å². The highest BCUT2D eigenvalue weighted by molar-refractivity contribution is 9.10. The molecule has 1 aliphatic heterocycles. The summed E-state index contributed by atoms with van der Waals surface area (Å²) in [6.07, 6.45) is 0.615. The number of hydrogen-bond donors (Lipinski definition) is 0. The minimum absolute atomic E-state index is 0.574. The van der Waals surface area contributed by atoms with Crippen molar-refractivity contribution in [1.82, 2.24) is 9.80 Å². The third-order valence-electron chi connectivity index (χ3n) is 4.11. The smallest absolute Gasteiger partial charge is 0.123 e. The van der Waals surface area contributed by atoms with E-state index in [2.05, 4.69) is 37.9 Å². The van der Waals surface area contributed by atoms with Gasteiger partial charge in [-0.2, -0.15) is 5.26 Å². The van der Waals surface area contributed by atoms with E-state index in [-0.39, 0.29) is 0 Å². The molecule has 0 spiro atoms. The Morgan fingerprint density at radius 3 is 2.62 bits per heavy atom. The van der Waals surface area contributed by atoms with Crippen LogP contribution in [0.1, 0.15) is 18.9 Å². The highest BCUT2D eigenvalue weighted by atomic mass is 79.9. The Hall–Kier alpha value is -1.13. The Morgan fingerprint density at radius 1 is 1.17 bits per heavy atom. The molecule has 0 N–H and O–H groups in total. The van der Waals surface area contributed by atoms with Gasteiger partial charge in [0.25, 0.3) is 0 Å². The number of hydrogen-bond acceptors (Lipinski definition) is 5. The second-order valence-electron chi connectivity index (χ2n) is 5.82. The number of ether oxygens (including phenoxy) is 2. The Bertz CT molecular complexity index is 540. The maximum Gasteiger partial charge on any atom is 0.123 e. The van der Waals surface area contributed by atoms with Crippen LogP contribution >= 0.6 is 15.9 Å². The van der Waals surface area contributed by atoms with Crippen molar-refractivity contribution in [3.63, 3.8) is 0 Å². The van der Waals surface area contributed by atoms with Crippen molar-refractivity contribution in [2.75, 3.05) is 52.5 Å². The molecule has 24 heavy (non-hydrogen) atoms. The summed E-state index contributed by atoms with van der Waals surface area (Å²) in [6.45, 7) is 9.75. The van der Waals surface area contributed by atoms with Crippen LogP contribution in [-0.4, -0.2) is 62.3 Å². The van der Waals surface area contributed by atoms with Crippen LogP contribution in [0.5, 0.6) is 5.75 Å². The molecule has 5 nitrogen and oxygen atoms in total. The number of nitrogens with zero attached hydrogens (tertiary/aromatic N) is 3. The fourth-order valence-electron chi connectivity index (χ4n) is 2.79. The summed E-state index contributed by atoms with van der Waals surface area (Å²) >= 11 is 3.55. The summed E-state index contributed by atoms with van der Waals surface area (Å²) in [4.78, 5) is 4.81. The van der Waals surface area contributed by atoms with E-state index < -0.39 is 0 Å². The van der Waals surface area contributed by atoms with Crippen LogP contribution in [0.15, 0.2) is 22.7 Å². The van der Waals surface area contributed by atoms with Crippen molar-refractivity contribution in [3.8, 4) is 11.8 Å². The van der Waals surface area contributed by atoms with Gasteiger partial charge in [-0.15, -0.1) is 0 Å². The Kier molecular flexibility index (Phi) is 8.54. The highest BCUT2D eigenvalue weighted by Crippen LogP contribution is 2.25. The highest BCUT2D eigenvalue weighted by Gasteiger charge is 2.18. The van der Waals surface area contributed by atoms with Crippen LogP contribution in [0, 0.1) is 11.3 Å². The van der Waals surface area contributed by atoms with Gasteiger partial charge in [-0.25, -0.2) is 0 Å². The van der Waals surface area contributed by atoms with Crippen molar-refractivity contribution >= 4 is 15.9 Å². The fourth-order valence-corrected chi connectivity index (χ4v) is 3.20. The first kappa shape index (κ1) is 19.2. The van der Waals surface area contributed by atoms with Crippen LogP contribution < -0.4 is 4.74 Å². The average Bonchev–Trinajstić information content (AvgIpc) is 2.60. The van der Waals surface area contributed by atoms with Crippen LogP contribution in [0.2, 0.25) is 0 Å². The SMILES string of the molecule is CCOCCOc1ccc(Br)cc1CN1CCN(CCC#N)CC1. The van der Waals surface area contributed by atoms with Crippen molar-refractivity contribution in [2.24, 2.45) is 0 Å². The van der Waals surface area contributed by atoms with Gasteiger partial charge in [-0.3, -0.25) is 9.80 Å². The summed E-state index contributed by atoms with van der Waals surface area (Å²) in [5, 5.41) is 8.69. The van der Waals surface area contributed by atoms with Crippen molar-refractivity contribution in [3.05, 3.63) is 28.2 Å². The molecule has 0 aromatic heterocycles. The van der Waals surface area contributed by atoms with E-state index in [0.29, 0.717) is 26.2 Å². The molecular weight excluding hydrogens is 370 g/mol. The number of nitriles is 1. The first-order chi connectivity index (χ1) is 11.7. The second-order valence-corrected chi connectivity index (χ2v) is 6.74. The van der Waals surface area contributed by atoms with E-state index in [9.17, 15) is 0 Å². The van der Waals surface area contributed by atoms with Crippen molar-refractivity contribution < 1.29 is 9.47 Å². The Labute approximate surface area is 153 Å². The number of benzene rings is 1. The third kappa shape index (κ3) is 6.40. The average molecular weight is 396 g/mol. The zero-order valence-corrected chi connectivity index (χ0v) is 15.9. The summed E-state index contributed by atoms with van der Waals surface area (Å²) < 4.78 is 12.3. The normalized spacial score (nSPS) is 16.0. The summed E-state index contributed by atoms with van der Waals surface area (Å²) in [7, 11) is 0. The lowest BCUT2D eigenvalue weighted by Crippen LogP contribution is -2.46. The van der Waals surface area contributed by atoms with Crippen LogP contribution in [0.25, 0.3) is 0 Å². The topological polar surface area (TPSA) is 48.7 Å². The molecule has 0 unspecified atom stereocenters. The third-order valence-corrected chi connectivity index (χ3v) is 4.60. The van der Waals surface area contributed by atoms with Crippen molar-refractivity contribution in [2.45, 2.75) is 19.9 Å². The molecule has 1 aliphatic rings. The molecule has 1 fully saturated rings. The van der Waals surface area contributed by atoms with Gasteiger partial charge < -0.3 is 9.47 Å². The van der Waals surface area contributed by atoms with E-state index in [4.69, 9.17) is 14.7 Å². The zero-order chi connectivity index (χ0) is 17.2. The fraction of sp³-hybridized carbons (Fsp3) is 0.611. The minimum Gasteiger partial charge on any atom is -0.491 e. The number of halogens is 1. The van der Waals surface area contributed by atoms with Gasteiger partial charge in [-0.05, 0) is 25.1 Å². The quantitative estimate of drug-likeness (QED) is 0.601. The van der Waals surface area contributed by atoms with E-state index in [0.717, 1.165) is 49.5 Å². The molecule has 0 bridgehead atoms. The molecule has 1 saturated heterocycles. The van der Waals surface area contributed by atoms with Gasteiger partial charge in [0, 0.05) is 62.3 Å². The largest absolute Gasteiger partial charge is 0.491 e. The number of rotatable bonds is 9. The summed E-state index contributed by atoms with van der Waals surface area (Å²) in [6, 6.07) is 8.39. The van der Waals surface area contributed by atoms with Gasteiger partial charge in [-0.1, -0.05) is 15.9 Å². The lowest BCUT2D eigenvalue weighted by atomic mass is 10.1.